The van der Waals surface area contributed by atoms with Crippen LogP contribution >= 0.6 is 0 Å². The van der Waals surface area contributed by atoms with Crippen molar-refractivity contribution in [2.75, 3.05) is 5.32 Å². The van der Waals surface area contributed by atoms with E-state index in [1.54, 1.807) is 0 Å². The largest absolute Gasteiger partial charge is 0.474 e. The van der Waals surface area contributed by atoms with E-state index in [9.17, 15) is 4.79 Å². The third-order valence-corrected chi connectivity index (χ3v) is 4.49. The van der Waals surface area contributed by atoms with Crippen molar-refractivity contribution in [1.29, 1.82) is 0 Å². The maximum Gasteiger partial charge on any atom is 0.319 e. The lowest BCUT2D eigenvalue weighted by Crippen LogP contribution is -2.41. The molecule has 2 N–H and O–H groups in total. The molecule has 0 spiro atoms. The van der Waals surface area contributed by atoms with Gasteiger partial charge in [0.2, 0.25) is 5.88 Å². The van der Waals surface area contributed by atoms with E-state index >= 15 is 0 Å². The van der Waals surface area contributed by atoms with Gasteiger partial charge < -0.3 is 15.4 Å². The predicted octanol–water partition coefficient (Wildman–Crippen LogP) is 4.21. The first-order valence-electron chi connectivity index (χ1n) is 8.82. The molecule has 2 aromatic rings. The number of benzene rings is 1. The number of carbonyl (C=O) groups is 1. The van der Waals surface area contributed by atoms with Crippen molar-refractivity contribution in [3.8, 4) is 5.88 Å². The Morgan fingerprint density at radius 3 is 2.32 bits per heavy atom. The van der Waals surface area contributed by atoms with Crippen LogP contribution in [0.5, 0.6) is 5.88 Å². The molecule has 1 aliphatic rings. The van der Waals surface area contributed by atoms with Gasteiger partial charge in [0.1, 0.15) is 6.10 Å². The van der Waals surface area contributed by atoms with E-state index in [2.05, 4.69) is 15.6 Å². The smallest absolute Gasteiger partial charge is 0.319 e. The van der Waals surface area contributed by atoms with E-state index in [0.717, 1.165) is 36.9 Å². The van der Waals surface area contributed by atoms with Crippen LogP contribution in [0.15, 0.2) is 42.6 Å². The highest BCUT2D eigenvalue weighted by Gasteiger charge is 2.23. The zero-order chi connectivity index (χ0) is 17.6. The molecule has 25 heavy (non-hydrogen) atoms. The summed E-state index contributed by atoms with van der Waals surface area (Å²) >= 11 is 0. The number of aromatic nitrogens is 1. The van der Waals surface area contributed by atoms with E-state index in [0.29, 0.717) is 5.88 Å². The van der Waals surface area contributed by atoms with Crippen molar-refractivity contribution in [2.24, 2.45) is 0 Å². The number of carbonyl (C=O) groups excluding carboxylic acids is 1. The Hall–Kier alpha value is -2.56. The number of urea groups is 1. The molecule has 1 aliphatic carbocycles. The fourth-order valence-corrected chi connectivity index (χ4v) is 3.01. The minimum absolute atomic E-state index is 0.145. The van der Waals surface area contributed by atoms with E-state index in [-0.39, 0.29) is 18.2 Å². The lowest BCUT2D eigenvalue weighted by atomic mass is 9.93. The van der Waals surface area contributed by atoms with Crippen molar-refractivity contribution in [1.82, 2.24) is 10.3 Å². The van der Waals surface area contributed by atoms with Gasteiger partial charge in [-0.2, -0.15) is 0 Å². The number of hydrogen-bond acceptors (Lipinski definition) is 3. The van der Waals surface area contributed by atoms with Crippen molar-refractivity contribution in [2.45, 2.75) is 51.7 Å². The molecule has 0 radical (unpaired) electrons. The van der Waals surface area contributed by atoms with Gasteiger partial charge in [0.15, 0.2) is 0 Å². The van der Waals surface area contributed by atoms with Gasteiger partial charge in [-0.3, -0.25) is 0 Å². The number of nitrogens with one attached hydrogen (secondary N) is 2. The van der Waals surface area contributed by atoms with Crippen molar-refractivity contribution >= 4 is 11.7 Å². The summed E-state index contributed by atoms with van der Waals surface area (Å²) in [6.07, 6.45) is 5.66. The molecule has 1 saturated carbocycles. The van der Waals surface area contributed by atoms with Crippen LogP contribution in [0.25, 0.3) is 0 Å². The molecule has 0 bridgehead atoms. The second-order valence-electron chi connectivity index (χ2n) is 6.73. The standard InChI is InChI=1S/C20H25N3O2/c1-14-3-6-16(7-4-14)22-20(24)23-17-8-10-18(11-9-17)25-19-12-5-15(2)13-21-19/h3-7,12-13,17-18H,8-11H2,1-2H3,(H2,22,23,24). The van der Waals surface area contributed by atoms with Crippen LogP contribution in [0.1, 0.15) is 36.8 Å². The molecular formula is C20H25N3O2. The van der Waals surface area contributed by atoms with Gasteiger partial charge in [-0.25, -0.2) is 9.78 Å². The molecule has 0 unspecified atom stereocenters. The molecule has 0 aliphatic heterocycles. The zero-order valence-electron chi connectivity index (χ0n) is 14.8. The Morgan fingerprint density at radius 1 is 1.00 bits per heavy atom. The Morgan fingerprint density at radius 2 is 1.68 bits per heavy atom. The van der Waals surface area contributed by atoms with Crippen LogP contribution in [-0.4, -0.2) is 23.2 Å². The number of rotatable bonds is 4. The minimum atomic E-state index is -0.145. The maximum atomic E-state index is 12.1. The zero-order valence-corrected chi connectivity index (χ0v) is 14.8. The number of ether oxygens (including phenoxy) is 1. The van der Waals surface area contributed by atoms with Crippen LogP contribution in [-0.2, 0) is 0 Å². The Labute approximate surface area is 148 Å². The number of hydrogen-bond donors (Lipinski definition) is 2. The minimum Gasteiger partial charge on any atom is -0.474 e. The van der Waals surface area contributed by atoms with Crippen LogP contribution in [0.2, 0.25) is 0 Å². The lowest BCUT2D eigenvalue weighted by Gasteiger charge is -2.29. The van der Waals surface area contributed by atoms with Gasteiger partial charge in [-0.1, -0.05) is 23.8 Å². The topological polar surface area (TPSA) is 63.2 Å². The van der Waals surface area contributed by atoms with E-state index in [4.69, 9.17) is 4.74 Å². The Bertz CT molecular complexity index is 690. The first-order chi connectivity index (χ1) is 12.1. The summed E-state index contributed by atoms with van der Waals surface area (Å²) in [6, 6.07) is 11.8. The first-order valence-corrected chi connectivity index (χ1v) is 8.82. The number of pyridine rings is 1. The predicted molar refractivity (Wildman–Crippen MR) is 99.0 cm³/mol. The molecule has 5 nitrogen and oxygen atoms in total. The van der Waals surface area contributed by atoms with Crippen LogP contribution in [0.3, 0.4) is 0 Å². The van der Waals surface area contributed by atoms with Crippen molar-refractivity contribution < 1.29 is 9.53 Å². The van der Waals surface area contributed by atoms with Crippen LogP contribution in [0, 0.1) is 13.8 Å². The maximum absolute atomic E-state index is 12.1. The average molecular weight is 339 g/mol. The van der Waals surface area contributed by atoms with Crippen molar-refractivity contribution in [3.05, 3.63) is 53.7 Å². The molecular weight excluding hydrogens is 314 g/mol. The molecule has 132 valence electrons. The Balaban J connectivity index is 1.42. The molecule has 1 fully saturated rings. The SMILES string of the molecule is Cc1ccc(NC(=O)NC2CCC(Oc3ccc(C)cn3)CC2)cc1. The average Bonchev–Trinajstić information content (AvgIpc) is 2.61. The lowest BCUT2D eigenvalue weighted by molar-refractivity contribution is 0.135. The molecule has 0 atom stereocenters. The second-order valence-corrected chi connectivity index (χ2v) is 6.73. The third kappa shape index (κ3) is 5.21. The van der Waals surface area contributed by atoms with Gasteiger partial charge in [0.25, 0.3) is 0 Å². The highest BCUT2D eigenvalue weighted by Crippen LogP contribution is 2.23. The fourth-order valence-electron chi connectivity index (χ4n) is 3.01. The summed E-state index contributed by atoms with van der Waals surface area (Å²) < 4.78 is 5.93. The molecule has 3 rings (SSSR count). The van der Waals surface area contributed by atoms with E-state index in [1.807, 2.05) is 56.4 Å². The van der Waals surface area contributed by atoms with Gasteiger partial charge in [-0.15, -0.1) is 0 Å². The molecule has 1 aromatic heterocycles. The summed E-state index contributed by atoms with van der Waals surface area (Å²) in [6.45, 7) is 4.03. The normalized spacial score (nSPS) is 19.9. The summed E-state index contributed by atoms with van der Waals surface area (Å²) in [4.78, 5) is 16.4. The number of anilines is 1. The third-order valence-electron chi connectivity index (χ3n) is 4.49. The number of aryl methyl sites for hydroxylation is 2. The summed E-state index contributed by atoms with van der Waals surface area (Å²) in [5.74, 6) is 0.680. The van der Waals surface area contributed by atoms with Crippen LogP contribution < -0.4 is 15.4 Å². The monoisotopic (exact) mass is 339 g/mol. The van der Waals surface area contributed by atoms with Gasteiger partial charge in [0.05, 0.1) is 0 Å². The molecule has 2 amide bonds. The quantitative estimate of drug-likeness (QED) is 0.877. The summed E-state index contributed by atoms with van der Waals surface area (Å²) in [5, 5.41) is 5.93. The molecule has 0 saturated heterocycles. The van der Waals surface area contributed by atoms with Gasteiger partial charge >= 0.3 is 6.03 Å². The summed E-state index contributed by atoms with van der Waals surface area (Å²) in [7, 11) is 0. The summed E-state index contributed by atoms with van der Waals surface area (Å²) in [5.41, 5.74) is 3.11. The highest BCUT2D eigenvalue weighted by atomic mass is 16.5. The first kappa shape index (κ1) is 17.3. The molecule has 1 heterocycles. The highest BCUT2D eigenvalue weighted by molar-refractivity contribution is 5.89. The van der Waals surface area contributed by atoms with Crippen LogP contribution in [0.4, 0.5) is 10.5 Å². The number of nitrogens with zero attached hydrogens (tertiary/aromatic N) is 1. The number of amides is 2. The molecule has 5 heteroatoms. The van der Waals surface area contributed by atoms with E-state index in [1.165, 1.54) is 5.56 Å². The van der Waals surface area contributed by atoms with E-state index < -0.39 is 0 Å². The second kappa shape index (κ2) is 8.01. The molecule has 1 aromatic carbocycles. The Kier molecular flexibility index (Phi) is 5.53. The fraction of sp³-hybridized carbons (Fsp3) is 0.400. The van der Waals surface area contributed by atoms with Gasteiger partial charge in [-0.05, 0) is 57.2 Å². The van der Waals surface area contributed by atoms with Gasteiger partial charge in [0, 0.05) is 24.0 Å². The van der Waals surface area contributed by atoms with Crippen molar-refractivity contribution in [3.63, 3.8) is 0 Å².